The van der Waals surface area contributed by atoms with E-state index in [-0.39, 0.29) is 44.9 Å². The number of anilines is 2. The molecule has 0 bridgehead atoms. The second-order valence-corrected chi connectivity index (χ2v) is 8.38. The van der Waals surface area contributed by atoms with E-state index in [1.807, 2.05) is 50.3 Å². The van der Waals surface area contributed by atoms with Gasteiger partial charge in [0.2, 0.25) is 11.8 Å². The zero-order valence-electron chi connectivity index (χ0n) is 23.3. The number of unbranched alkanes of at least 4 members (excludes halogenated alkanes) is 2. The van der Waals surface area contributed by atoms with Crippen LogP contribution in [0, 0.1) is 47.6 Å². The van der Waals surface area contributed by atoms with Crippen molar-refractivity contribution in [3.8, 4) is 0 Å². The Labute approximate surface area is 255 Å². The van der Waals surface area contributed by atoms with Gasteiger partial charge in [-0.1, -0.05) is 26.7 Å². The van der Waals surface area contributed by atoms with Crippen LogP contribution in [0.25, 0.3) is 0 Å². The Kier molecular flexibility index (Phi) is 21.6. The van der Waals surface area contributed by atoms with Crippen LogP contribution in [0.15, 0.2) is 60.7 Å². The summed E-state index contributed by atoms with van der Waals surface area (Å²) in [5, 5.41) is 4.72. The normalized spacial score (nSPS) is 11.7. The number of allylic oxidation sites excluding steroid dienone is 8. The third-order valence-electron chi connectivity index (χ3n) is 4.96. The van der Waals surface area contributed by atoms with Crippen molar-refractivity contribution < 1.29 is 48.9 Å². The van der Waals surface area contributed by atoms with E-state index in [0.29, 0.717) is 12.8 Å². The first kappa shape index (κ1) is 37.8. The van der Waals surface area contributed by atoms with Crippen LogP contribution in [-0.4, -0.2) is 11.8 Å². The first-order valence-electron chi connectivity index (χ1n) is 13.0. The van der Waals surface area contributed by atoms with Crippen molar-refractivity contribution in [2.24, 2.45) is 0 Å². The summed E-state index contributed by atoms with van der Waals surface area (Å²) in [6.07, 6.45) is 24.0. The summed E-state index contributed by atoms with van der Waals surface area (Å²) in [4.78, 5) is 22.4. The van der Waals surface area contributed by atoms with E-state index in [4.69, 9.17) is 0 Å². The molecule has 2 aromatic carbocycles. The van der Waals surface area contributed by atoms with Crippen molar-refractivity contribution in [2.75, 3.05) is 10.6 Å². The van der Waals surface area contributed by atoms with Gasteiger partial charge >= 0.3 is 21.7 Å². The van der Waals surface area contributed by atoms with E-state index < -0.39 is 23.3 Å². The molecule has 4 nitrogen and oxygen atoms in total. The summed E-state index contributed by atoms with van der Waals surface area (Å²) < 4.78 is 51.0. The summed E-state index contributed by atoms with van der Waals surface area (Å²) in [6, 6.07) is 8.18. The zero-order valence-corrected chi connectivity index (χ0v) is 24.8. The molecule has 216 valence electrons. The summed E-state index contributed by atoms with van der Waals surface area (Å²) in [5.41, 5.74) is -0.0602. The van der Waals surface area contributed by atoms with Gasteiger partial charge in [-0.05, 0) is 24.2 Å². The maximum absolute atomic E-state index is 13.0. The van der Waals surface area contributed by atoms with E-state index in [2.05, 4.69) is 34.9 Å². The summed E-state index contributed by atoms with van der Waals surface area (Å²) in [5.74, 6) is -3.84. The minimum Gasteiger partial charge on any atom is -0.377 e. The Balaban J connectivity index is 0.000000573. The van der Waals surface area contributed by atoms with Gasteiger partial charge in [0.1, 0.15) is 0 Å². The standard InChI is InChI=1S/2C11H12F2NO.2C5H5.Ti/c2*1-2-3-4-11(15)14-10-6-5-8(12)7-9(10)13;2*1-2-4-5-3-1;/h2*5-6H,2-4H2,1H3,(H,14,15);2*1-3H,4H2;/q4*-1;+4. The molecule has 2 N–H and O–H groups in total. The van der Waals surface area contributed by atoms with Gasteiger partial charge < -0.3 is 10.6 Å². The SMILES string of the molecule is CCCCC(=O)Nc1ccc(F)[c-]c1F.CCCCC(=O)Nc1ccc(F)[c-]c1F.[C-]1=CC=CC1.[C-]1=CC=CC1.[Ti+4]. The minimum atomic E-state index is -0.875. The molecule has 0 heterocycles. The third-order valence-corrected chi connectivity index (χ3v) is 4.96. The number of amides is 2. The van der Waals surface area contributed by atoms with Crippen LogP contribution in [-0.2, 0) is 31.3 Å². The van der Waals surface area contributed by atoms with E-state index in [0.717, 1.165) is 50.7 Å². The van der Waals surface area contributed by atoms with E-state index in [9.17, 15) is 27.2 Å². The number of carbonyl (C=O) groups excluding carboxylic acids is 2. The van der Waals surface area contributed by atoms with Crippen LogP contribution >= 0.6 is 0 Å². The van der Waals surface area contributed by atoms with Gasteiger partial charge in [0, 0.05) is 36.1 Å². The average Bonchev–Trinajstić information content (AvgIpc) is 3.70. The van der Waals surface area contributed by atoms with Gasteiger partial charge in [0.05, 0.1) is 0 Å². The average molecular weight is 602 g/mol. The van der Waals surface area contributed by atoms with E-state index in [1.54, 1.807) is 0 Å². The maximum atomic E-state index is 13.0. The summed E-state index contributed by atoms with van der Waals surface area (Å²) in [7, 11) is 0. The Morgan fingerprint density at radius 1 is 0.707 bits per heavy atom. The van der Waals surface area contributed by atoms with Crippen LogP contribution in [0.5, 0.6) is 0 Å². The molecule has 0 fully saturated rings. The molecule has 0 spiro atoms. The van der Waals surface area contributed by atoms with Crippen molar-refractivity contribution in [1.29, 1.82) is 0 Å². The molecular formula is C32H34F4N2O2Ti. The first-order valence-corrected chi connectivity index (χ1v) is 13.0. The molecule has 2 amide bonds. The molecule has 0 aromatic heterocycles. The molecule has 0 atom stereocenters. The molecular weight excluding hydrogens is 568 g/mol. The van der Waals surface area contributed by atoms with Crippen molar-refractivity contribution in [3.63, 3.8) is 0 Å². The van der Waals surface area contributed by atoms with Crippen LogP contribution in [0.4, 0.5) is 28.9 Å². The van der Waals surface area contributed by atoms with Gasteiger partial charge in [-0.25, -0.2) is 41.9 Å². The molecule has 2 aliphatic carbocycles. The fourth-order valence-electron chi connectivity index (χ4n) is 2.86. The Hall–Kier alpha value is -3.23. The van der Waals surface area contributed by atoms with Gasteiger partial charge in [0.15, 0.2) is 0 Å². The Morgan fingerprint density at radius 2 is 1.10 bits per heavy atom. The topological polar surface area (TPSA) is 58.2 Å². The Morgan fingerprint density at radius 3 is 1.34 bits per heavy atom. The van der Waals surface area contributed by atoms with Gasteiger partial charge in [-0.3, -0.25) is 21.7 Å². The molecule has 0 unspecified atom stereocenters. The van der Waals surface area contributed by atoms with Crippen molar-refractivity contribution in [2.45, 2.75) is 65.2 Å². The summed E-state index contributed by atoms with van der Waals surface area (Å²) >= 11 is 0. The van der Waals surface area contributed by atoms with Gasteiger partial charge in [-0.2, -0.15) is 12.2 Å². The maximum Gasteiger partial charge on any atom is 4.00 e. The van der Waals surface area contributed by atoms with E-state index >= 15 is 0 Å². The van der Waals surface area contributed by atoms with Crippen molar-refractivity contribution in [1.82, 2.24) is 0 Å². The van der Waals surface area contributed by atoms with Crippen LogP contribution in [0.3, 0.4) is 0 Å². The number of hydrogen-bond donors (Lipinski definition) is 2. The largest absolute Gasteiger partial charge is 4.00 e. The number of hydrogen-bond acceptors (Lipinski definition) is 2. The minimum absolute atomic E-state index is 0. The van der Waals surface area contributed by atoms with Crippen molar-refractivity contribution in [3.05, 3.63) is 108 Å². The third kappa shape index (κ3) is 18.7. The predicted molar refractivity (Wildman–Crippen MR) is 150 cm³/mol. The Bertz CT molecular complexity index is 1070. The first-order chi connectivity index (χ1) is 19.3. The fraction of sp³-hybridized carbons (Fsp3) is 0.312. The van der Waals surface area contributed by atoms with Crippen molar-refractivity contribution >= 4 is 23.2 Å². The molecule has 4 rings (SSSR count). The zero-order chi connectivity index (χ0) is 29.6. The number of nitrogens with one attached hydrogen (secondary N) is 2. The van der Waals surface area contributed by atoms with Gasteiger partial charge in [0.25, 0.3) is 0 Å². The molecule has 2 aliphatic rings. The molecule has 9 heteroatoms. The predicted octanol–water partition coefficient (Wildman–Crippen LogP) is 8.40. The second-order valence-electron chi connectivity index (χ2n) is 8.38. The molecule has 0 aliphatic heterocycles. The molecule has 0 saturated heterocycles. The molecule has 41 heavy (non-hydrogen) atoms. The number of benzene rings is 2. The fourth-order valence-corrected chi connectivity index (χ4v) is 2.86. The smallest absolute Gasteiger partial charge is 0.377 e. The number of carbonyl (C=O) groups is 2. The molecule has 0 radical (unpaired) electrons. The number of halogens is 4. The van der Waals surface area contributed by atoms with Crippen LogP contribution in [0.2, 0.25) is 0 Å². The molecule has 0 saturated carbocycles. The molecule has 2 aromatic rings. The van der Waals surface area contributed by atoms with E-state index in [1.165, 1.54) is 12.1 Å². The number of rotatable bonds is 8. The van der Waals surface area contributed by atoms with Gasteiger partial charge in [-0.15, -0.1) is 49.2 Å². The summed E-state index contributed by atoms with van der Waals surface area (Å²) in [6.45, 7) is 3.92. The quantitative estimate of drug-likeness (QED) is 0.181. The van der Waals surface area contributed by atoms with Crippen LogP contribution < -0.4 is 10.6 Å². The van der Waals surface area contributed by atoms with Crippen LogP contribution in [0.1, 0.15) is 65.2 Å². The second kappa shape index (κ2) is 23.5. The monoisotopic (exact) mass is 602 g/mol.